The van der Waals surface area contributed by atoms with Gasteiger partial charge in [-0.3, -0.25) is 0 Å². The smallest absolute Gasteiger partial charge is 0.00697 e. The normalized spacial score (nSPS) is 37.7. The number of unbranched alkanes of at least 4 members (excludes halogenated alkanes) is 1. The number of nitrogens with one attached hydrogen (secondary N) is 1. The molecule has 0 heterocycles. The summed E-state index contributed by atoms with van der Waals surface area (Å²) in [6, 6.07) is 0.775. The zero-order chi connectivity index (χ0) is 9.97. The van der Waals surface area contributed by atoms with Crippen LogP contribution in [0.15, 0.2) is 0 Å². The summed E-state index contributed by atoms with van der Waals surface area (Å²) in [4.78, 5) is 0. The van der Waals surface area contributed by atoms with Crippen molar-refractivity contribution in [2.24, 2.45) is 17.8 Å². The largest absolute Gasteiger partial charge is 0.314 e. The highest BCUT2D eigenvalue weighted by atomic mass is 14.9. The van der Waals surface area contributed by atoms with Gasteiger partial charge in [-0.05, 0) is 56.9 Å². The molecule has 0 aliphatic heterocycles. The van der Waals surface area contributed by atoms with Crippen LogP contribution in [0.1, 0.15) is 52.4 Å². The van der Waals surface area contributed by atoms with Crippen molar-refractivity contribution in [1.82, 2.24) is 5.32 Å². The Morgan fingerprint density at radius 1 is 1.29 bits per heavy atom. The Bertz CT molecular complexity index is 178. The summed E-state index contributed by atoms with van der Waals surface area (Å²) in [7, 11) is 0. The van der Waals surface area contributed by atoms with Crippen LogP contribution in [0.2, 0.25) is 0 Å². The molecule has 4 atom stereocenters. The van der Waals surface area contributed by atoms with Gasteiger partial charge in [-0.15, -0.1) is 0 Å². The van der Waals surface area contributed by atoms with E-state index in [9.17, 15) is 0 Å². The van der Waals surface area contributed by atoms with Crippen molar-refractivity contribution in [1.29, 1.82) is 0 Å². The fraction of sp³-hybridized carbons (Fsp3) is 1.00. The number of rotatable bonds is 5. The molecule has 0 amide bonds. The summed E-state index contributed by atoms with van der Waals surface area (Å²) in [5.41, 5.74) is 0. The molecular weight excluding hydrogens is 170 g/mol. The Morgan fingerprint density at radius 2 is 2.14 bits per heavy atom. The SMILES string of the molecule is CCCCN[C@H](C)[C@H]1C[C@H]2CC[C@H]1C2. The van der Waals surface area contributed by atoms with Gasteiger partial charge in [-0.1, -0.05) is 19.8 Å². The van der Waals surface area contributed by atoms with E-state index in [0.717, 1.165) is 23.8 Å². The zero-order valence-electron chi connectivity index (χ0n) is 9.76. The van der Waals surface area contributed by atoms with Gasteiger partial charge < -0.3 is 5.32 Å². The predicted molar refractivity (Wildman–Crippen MR) is 61.3 cm³/mol. The van der Waals surface area contributed by atoms with Crippen LogP contribution < -0.4 is 5.32 Å². The Kier molecular flexibility index (Phi) is 3.48. The van der Waals surface area contributed by atoms with E-state index in [2.05, 4.69) is 19.2 Å². The van der Waals surface area contributed by atoms with Crippen molar-refractivity contribution in [3.8, 4) is 0 Å². The molecule has 0 aromatic heterocycles. The van der Waals surface area contributed by atoms with Crippen LogP contribution in [-0.4, -0.2) is 12.6 Å². The third-order valence-corrected chi connectivity index (χ3v) is 4.43. The average Bonchev–Trinajstić information content (AvgIpc) is 2.79. The second-order valence-corrected chi connectivity index (χ2v) is 5.44. The van der Waals surface area contributed by atoms with Crippen LogP contribution in [0, 0.1) is 17.8 Å². The molecule has 1 N–H and O–H groups in total. The molecule has 2 aliphatic rings. The summed E-state index contributed by atoms with van der Waals surface area (Å²) in [6.07, 6.45) is 8.77. The number of fused-ring (bicyclic) bond motifs is 2. The fourth-order valence-electron chi connectivity index (χ4n) is 3.56. The Balaban J connectivity index is 1.72. The maximum atomic E-state index is 3.71. The van der Waals surface area contributed by atoms with E-state index in [1.54, 1.807) is 6.42 Å². The summed E-state index contributed by atoms with van der Waals surface area (Å²) in [6.45, 7) is 5.90. The van der Waals surface area contributed by atoms with Gasteiger partial charge >= 0.3 is 0 Å². The molecule has 1 heteroatoms. The molecule has 2 bridgehead atoms. The van der Waals surface area contributed by atoms with E-state index < -0.39 is 0 Å². The van der Waals surface area contributed by atoms with Crippen LogP contribution in [0.4, 0.5) is 0 Å². The molecule has 0 spiro atoms. The first-order chi connectivity index (χ1) is 6.81. The third kappa shape index (κ3) is 2.13. The van der Waals surface area contributed by atoms with Crippen molar-refractivity contribution < 1.29 is 0 Å². The lowest BCUT2D eigenvalue weighted by molar-refractivity contribution is 0.260. The zero-order valence-corrected chi connectivity index (χ0v) is 9.76. The average molecular weight is 195 g/mol. The Labute approximate surface area is 88.7 Å². The van der Waals surface area contributed by atoms with Crippen LogP contribution in [0.5, 0.6) is 0 Å². The van der Waals surface area contributed by atoms with E-state index in [1.807, 2.05) is 0 Å². The molecular formula is C13H25N. The summed E-state index contributed by atoms with van der Waals surface area (Å²) < 4.78 is 0. The monoisotopic (exact) mass is 195 g/mol. The van der Waals surface area contributed by atoms with E-state index >= 15 is 0 Å². The van der Waals surface area contributed by atoms with Gasteiger partial charge in [0.2, 0.25) is 0 Å². The third-order valence-electron chi connectivity index (χ3n) is 4.43. The maximum absolute atomic E-state index is 3.71. The molecule has 0 aromatic rings. The highest BCUT2D eigenvalue weighted by Crippen LogP contribution is 2.49. The van der Waals surface area contributed by atoms with Gasteiger partial charge in [0.25, 0.3) is 0 Å². The molecule has 1 nitrogen and oxygen atoms in total. The van der Waals surface area contributed by atoms with Crippen LogP contribution >= 0.6 is 0 Å². The summed E-state index contributed by atoms with van der Waals surface area (Å²) in [5, 5.41) is 3.71. The second kappa shape index (κ2) is 4.65. The summed E-state index contributed by atoms with van der Waals surface area (Å²) in [5.74, 6) is 3.18. The maximum Gasteiger partial charge on any atom is 0.00697 e. The quantitative estimate of drug-likeness (QED) is 0.664. The van der Waals surface area contributed by atoms with E-state index in [4.69, 9.17) is 0 Å². The molecule has 0 unspecified atom stereocenters. The lowest BCUT2D eigenvalue weighted by Crippen LogP contribution is -2.36. The van der Waals surface area contributed by atoms with Crippen LogP contribution in [0.25, 0.3) is 0 Å². The highest BCUT2D eigenvalue weighted by molar-refractivity contribution is 4.93. The van der Waals surface area contributed by atoms with Crippen molar-refractivity contribution in [3.05, 3.63) is 0 Å². The van der Waals surface area contributed by atoms with Gasteiger partial charge in [0, 0.05) is 6.04 Å². The number of hydrogen-bond donors (Lipinski definition) is 1. The van der Waals surface area contributed by atoms with Crippen molar-refractivity contribution in [3.63, 3.8) is 0 Å². The minimum atomic E-state index is 0.775. The lowest BCUT2D eigenvalue weighted by atomic mass is 9.84. The molecule has 0 aromatic carbocycles. The molecule has 2 saturated carbocycles. The second-order valence-electron chi connectivity index (χ2n) is 5.44. The minimum absolute atomic E-state index is 0.775. The van der Waals surface area contributed by atoms with Crippen molar-refractivity contribution >= 4 is 0 Å². The van der Waals surface area contributed by atoms with E-state index in [1.165, 1.54) is 38.6 Å². The molecule has 2 aliphatic carbocycles. The first-order valence-electron chi connectivity index (χ1n) is 6.54. The summed E-state index contributed by atoms with van der Waals surface area (Å²) >= 11 is 0. The topological polar surface area (TPSA) is 12.0 Å². The molecule has 0 saturated heterocycles. The molecule has 2 rings (SSSR count). The molecule has 0 radical (unpaired) electrons. The standard InChI is InChI=1S/C13H25N/c1-3-4-7-14-10(2)13-9-11-5-6-12(13)8-11/h10-14H,3-9H2,1-2H3/t10-,11+,12+,13-/m1/s1. The van der Waals surface area contributed by atoms with Crippen molar-refractivity contribution in [2.75, 3.05) is 6.54 Å². The first-order valence-corrected chi connectivity index (χ1v) is 6.54. The minimum Gasteiger partial charge on any atom is -0.314 e. The van der Waals surface area contributed by atoms with E-state index in [0.29, 0.717) is 0 Å². The number of hydrogen-bond acceptors (Lipinski definition) is 1. The van der Waals surface area contributed by atoms with Crippen molar-refractivity contribution in [2.45, 2.75) is 58.4 Å². The Morgan fingerprint density at radius 3 is 2.71 bits per heavy atom. The molecule has 14 heavy (non-hydrogen) atoms. The first kappa shape index (κ1) is 10.5. The van der Waals surface area contributed by atoms with Crippen LogP contribution in [0.3, 0.4) is 0 Å². The van der Waals surface area contributed by atoms with Gasteiger partial charge in [-0.2, -0.15) is 0 Å². The van der Waals surface area contributed by atoms with Crippen LogP contribution in [-0.2, 0) is 0 Å². The molecule has 82 valence electrons. The van der Waals surface area contributed by atoms with Gasteiger partial charge in [0.05, 0.1) is 0 Å². The van der Waals surface area contributed by atoms with Gasteiger partial charge in [0.1, 0.15) is 0 Å². The lowest BCUT2D eigenvalue weighted by Gasteiger charge is -2.28. The fourth-order valence-corrected chi connectivity index (χ4v) is 3.56. The Hall–Kier alpha value is -0.0400. The molecule has 2 fully saturated rings. The van der Waals surface area contributed by atoms with E-state index in [-0.39, 0.29) is 0 Å². The van der Waals surface area contributed by atoms with Gasteiger partial charge in [-0.25, -0.2) is 0 Å². The highest BCUT2D eigenvalue weighted by Gasteiger charge is 2.41. The van der Waals surface area contributed by atoms with Gasteiger partial charge in [0.15, 0.2) is 0 Å². The predicted octanol–water partition coefficient (Wildman–Crippen LogP) is 3.20.